The van der Waals surface area contributed by atoms with E-state index in [-0.39, 0.29) is 50.0 Å². The summed E-state index contributed by atoms with van der Waals surface area (Å²) in [7, 11) is 0. The second kappa shape index (κ2) is 29.5. The summed E-state index contributed by atoms with van der Waals surface area (Å²) in [6.45, 7) is 14.6. The van der Waals surface area contributed by atoms with Gasteiger partial charge in [-0.2, -0.15) is 0 Å². The number of aliphatic hydroxyl groups excluding tert-OH is 1. The minimum absolute atomic E-state index is 0.00951. The predicted molar refractivity (Wildman–Crippen MR) is 258 cm³/mol. The standard InChI is InChI=1S/C49H75N9O11/c1-10-30(8)40(55-38(60)25-50)47(66)53-35(21-27(2)3)45(64)51-26-39(61)52-36(24-33-19-15-12-16-20-33)46(65)58-42(29(6)7)57-44(63)34(23-32-17-13-11-14-18-32)43(62)56-41(31(9)59)48(67)54-37(49(68)69)22-28(4)5/h11-20,27-31,34-37,40-42,59H,10,21-26,50H2,1-9H3,(H,51,64)(H,52,61)(H,53,66)(H,54,67)(H,55,60)(H,56,62)(H,57,63)(H,58,65)(H,68,69)/t30-,31+,34-,35-,36-,37-,40-,41-,42-/m0/s1. The number of carboxylic acids is 1. The Morgan fingerprint density at radius 3 is 1.52 bits per heavy atom. The van der Waals surface area contributed by atoms with Crippen molar-refractivity contribution in [1.29, 1.82) is 0 Å². The number of amides is 8. The normalized spacial score (nSPS) is 15.2. The summed E-state index contributed by atoms with van der Waals surface area (Å²) in [5.41, 5.74) is 6.70. The highest BCUT2D eigenvalue weighted by atomic mass is 16.4. The van der Waals surface area contributed by atoms with Gasteiger partial charge < -0.3 is 58.5 Å². The molecule has 0 spiro atoms. The van der Waals surface area contributed by atoms with Crippen molar-refractivity contribution in [3.05, 3.63) is 71.8 Å². The molecule has 0 aliphatic rings. The molecule has 0 radical (unpaired) electrons. The number of benzene rings is 2. The fraction of sp³-hybridized carbons (Fsp3) is 0.571. The average Bonchev–Trinajstić information content (AvgIpc) is 3.29. The molecule has 12 N–H and O–H groups in total. The Morgan fingerprint density at radius 2 is 1.03 bits per heavy atom. The maximum absolute atomic E-state index is 14.2. The predicted octanol–water partition coefficient (Wildman–Crippen LogP) is 0.405. The average molecular weight is 966 g/mol. The van der Waals surface area contributed by atoms with Crippen molar-refractivity contribution >= 4 is 53.2 Å². The van der Waals surface area contributed by atoms with E-state index in [1.54, 1.807) is 95.3 Å². The number of carbonyl (C=O) groups excluding carboxylic acids is 8. The van der Waals surface area contributed by atoms with Crippen LogP contribution in [0, 0.1) is 29.6 Å². The van der Waals surface area contributed by atoms with E-state index < -0.39 is 114 Å². The van der Waals surface area contributed by atoms with Gasteiger partial charge >= 0.3 is 5.97 Å². The van der Waals surface area contributed by atoms with Crippen LogP contribution >= 0.6 is 0 Å². The van der Waals surface area contributed by atoms with Crippen molar-refractivity contribution in [3.8, 4) is 0 Å². The van der Waals surface area contributed by atoms with E-state index in [0.717, 1.165) is 0 Å². The number of aliphatic hydroxyl groups is 1. The van der Waals surface area contributed by atoms with Crippen LogP contribution in [-0.4, -0.2) is 119 Å². The van der Waals surface area contributed by atoms with Gasteiger partial charge in [0.1, 0.15) is 42.3 Å². The second-order valence-electron chi connectivity index (χ2n) is 18.6. The smallest absolute Gasteiger partial charge is 0.326 e. The molecule has 0 aromatic heterocycles. The molecule has 0 saturated heterocycles. The number of rotatable bonds is 29. The first kappa shape index (κ1) is 58.7. The lowest BCUT2D eigenvalue weighted by atomic mass is 9.96. The maximum atomic E-state index is 14.2. The molecule has 2 aromatic rings. The molecule has 0 aliphatic heterocycles. The molecule has 0 aliphatic carbocycles. The zero-order chi connectivity index (χ0) is 52.0. The number of hydrogen-bond acceptors (Lipinski definition) is 11. The van der Waals surface area contributed by atoms with Crippen LogP contribution in [0.5, 0.6) is 0 Å². The third kappa shape index (κ3) is 20.8. The van der Waals surface area contributed by atoms with E-state index in [2.05, 4.69) is 42.5 Å². The second-order valence-corrected chi connectivity index (χ2v) is 18.6. The Labute approximate surface area is 405 Å². The molecule has 2 rings (SSSR count). The lowest BCUT2D eigenvalue weighted by Gasteiger charge is -2.29. The van der Waals surface area contributed by atoms with Crippen molar-refractivity contribution in [2.24, 2.45) is 35.3 Å². The molecule has 0 fully saturated rings. The molecule has 9 atom stereocenters. The molecule has 8 amide bonds. The molecular weight excluding hydrogens is 891 g/mol. The molecule has 20 nitrogen and oxygen atoms in total. The summed E-state index contributed by atoms with van der Waals surface area (Å²) in [6.07, 6.45) is -1.97. The molecule has 382 valence electrons. The van der Waals surface area contributed by atoms with Crippen molar-refractivity contribution in [3.63, 3.8) is 0 Å². The number of carboxylic acid groups (broad SMARTS) is 1. The number of nitrogens with two attached hydrogens (primary N) is 1. The minimum Gasteiger partial charge on any atom is -0.480 e. The van der Waals surface area contributed by atoms with Crippen LogP contribution in [-0.2, 0) is 56.0 Å². The van der Waals surface area contributed by atoms with E-state index in [1.165, 1.54) is 6.92 Å². The summed E-state index contributed by atoms with van der Waals surface area (Å²) in [5.74, 6) is -9.82. The Balaban J connectivity index is 2.35. The Kier molecular flexibility index (Phi) is 25.1. The van der Waals surface area contributed by atoms with E-state index in [1.807, 2.05) is 20.8 Å². The maximum Gasteiger partial charge on any atom is 0.326 e. The third-order valence-corrected chi connectivity index (χ3v) is 11.3. The van der Waals surface area contributed by atoms with E-state index in [4.69, 9.17) is 5.73 Å². The largest absolute Gasteiger partial charge is 0.480 e. The number of nitrogens with one attached hydrogen (secondary N) is 8. The van der Waals surface area contributed by atoms with Gasteiger partial charge in [-0.05, 0) is 61.0 Å². The van der Waals surface area contributed by atoms with Crippen LogP contribution in [0.1, 0.15) is 92.7 Å². The van der Waals surface area contributed by atoms with E-state index in [9.17, 15) is 53.4 Å². The molecule has 0 heterocycles. The van der Waals surface area contributed by atoms with Crippen LogP contribution in [0.2, 0.25) is 0 Å². The highest BCUT2D eigenvalue weighted by Crippen LogP contribution is 2.15. The zero-order valence-corrected chi connectivity index (χ0v) is 41.3. The van der Waals surface area contributed by atoms with Gasteiger partial charge in [-0.25, -0.2) is 4.79 Å². The van der Waals surface area contributed by atoms with Gasteiger partial charge in [0.25, 0.3) is 0 Å². The van der Waals surface area contributed by atoms with Crippen molar-refractivity contribution in [1.82, 2.24) is 42.5 Å². The van der Waals surface area contributed by atoms with Crippen LogP contribution in [0.15, 0.2) is 60.7 Å². The topological polar surface area (TPSA) is 316 Å². The molecule has 20 heteroatoms. The molecule has 69 heavy (non-hydrogen) atoms. The van der Waals surface area contributed by atoms with Gasteiger partial charge in [0.05, 0.1) is 19.2 Å². The number of hydrogen-bond donors (Lipinski definition) is 11. The highest BCUT2D eigenvalue weighted by Gasteiger charge is 2.37. The van der Waals surface area contributed by atoms with Gasteiger partial charge in [0, 0.05) is 6.42 Å². The van der Waals surface area contributed by atoms with Crippen LogP contribution in [0.3, 0.4) is 0 Å². The summed E-state index contributed by atoms with van der Waals surface area (Å²) >= 11 is 0. The van der Waals surface area contributed by atoms with Crippen molar-refractivity contribution < 1.29 is 53.4 Å². The fourth-order valence-electron chi connectivity index (χ4n) is 7.14. The summed E-state index contributed by atoms with van der Waals surface area (Å²) in [6, 6.07) is 11.1. The molecule has 2 aromatic carbocycles. The van der Waals surface area contributed by atoms with Gasteiger partial charge in [-0.1, -0.05) is 122 Å². The fourth-order valence-corrected chi connectivity index (χ4v) is 7.14. The minimum atomic E-state index is -1.64. The first-order valence-electron chi connectivity index (χ1n) is 23.5. The van der Waals surface area contributed by atoms with Gasteiger partial charge in [0.2, 0.25) is 47.3 Å². The Bertz CT molecular complexity index is 2020. The summed E-state index contributed by atoms with van der Waals surface area (Å²) in [5, 5.41) is 41.1. The number of aliphatic carboxylic acids is 1. The van der Waals surface area contributed by atoms with Gasteiger partial charge in [0.15, 0.2) is 0 Å². The Hall–Kier alpha value is -6.41. The monoisotopic (exact) mass is 966 g/mol. The van der Waals surface area contributed by atoms with Gasteiger partial charge in [-0.3, -0.25) is 38.4 Å². The summed E-state index contributed by atoms with van der Waals surface area (Å²) < 4.78 is 0. The van der Waals surface area contributed by atoms with E-state index >= 15 is 0 Å². The lowest BCUT2D eigenvalue weighted by molar-refractivity contribution is -0.143. The van der Waals surface area contributed by atoms with Crippen molar-refractivity contribution in [2.75, 3.05) is 13.1 Å². The van der Waals surface area contributed by atoms with Crippen LogP contribution in [0.25, 0.3) is 0 Å². The van der Waals surface area contributed by atoms with Crippen molar-refractivity contribution in [2.45, 2.75) is 137 Å². The molecule has 0 bridgehead atoms. The molecule has 0 saturated carbocycles. The molecular formula is C49H75N9O11. The Morgan fingerprint density at radius 1 is 0.536 bits per heavy atom. The first-order chi connectivity index (χ1) is 32.5. The quantitative estimate of drug-likeness (QED) is 0.0390. The lowest BCUT2D eigenvalue weighted by Crippen LogP contribution is -2.60. The number of carbonyl (C=O) groups is 9. The highest BCUT2D eigenvalue weighted by molar-refractivity contribution is 6.03. The molecule has 0 unspecified atom stereocenters. The van der Waals surface area contributed by atoms with Gasteiger partial charge in [-0.15, -0.1) is 0 Å². The summed E-state index contributed by atoms with van der Waals surface area (Å²) in [4.78, 5) is 120. The third-order valence-electron chi connectivity index (χ3n) is 11.3. The zero-order valence-electron chi connectivity index (χ0n) is 41.3. The van der Waals surface area contributed by atoms with Crippen LogP contribution in [0.4, 0.5) is 0 Å². The first-order valence-corrected chi connectivity index (χ1v) is 23.5. The SMILES string of the molecule is CC[C@H](C)[C@H](NC(=O)CN)C(=O)N[C@@H](CC(C)C)C(=O)NCC(=O)N[C@@H](Cc1ccccc1)C(=O)N[C@H](NC(=O)[C@@H](Cc1ccccc1)C(=O)N[C@H](C(=O)N[C@@H](CC(C)C)C(=O)O)[C@@H](C)O)C(C)C. The van der Waals surface area contributed by atoms with E-state index in [0.29, 0.717) is 17.5 Å². The van der Waals surface area contributed by atoms with Crippen LogP contribution < -0.4 is 48.3 Å².